The van der Waals surface area contributed by atoms with Gasteiger partial charge in [-0.05, 0) is 61.1 Å². The SMILES string of the molecule is CC(C)(C)C1CCC(N)(Cc2ccc(Cl)cc2Cl)CC1. The first-order valence-electron chi connectivity index (χ1n) is 7.42. The molecule has 2 N–H and O–H groups in total. The predicted molar refractivity (Wildman–Crippen MR) is 88.5 cm³/mol. The summed E-state index contributed by atoms with van der Waals surface area (Å²) >= 11 is 12.2. The minimum absolute atomic E-state index is 0.112. The van der Waals surface area contributed by atoms with Gasteiger partial charge in [-0.1, -0.05) is 50.0 Å². The van der Waals surface area contributed by atoms with Crippen LogP contribution in [0, 0.1) is 11.3 Å². The molecule has 0 spiro atoms. The van der Waals surface area contributed by atoms with Gasteiger partial charge in [0.2, 0.25) is 0 Å². The van der Waals surface area contributed by atoms with E-state index in [1.54, 1.807) is 0 Å². The first-order valence-corrected chi connectivity index (χ1v) is 8.18. The van der Waals surface area contributed by atoms with Crippen LogP contribution >= 0.6 is 23.2 Å². The van der Waals surface area contributed by atoms with Gasteiger partial charge in [0.1, 0.15) is 0 Å². The Kier molecular flexibility index (Phi) is 4.73. The van der Waals surface area contributed by atoms with Gasteiger partial charge in [-0.25, -0.2) is 0 Å². The number of hydrogen-bond acceptors (Lipinski definition) is 1. The molecule has 1 aromatic rings. The molecule has 0 unspecified atom stereocenters. The third-order valence-electron chi connectivity index (χ3n) is 4.76. The summed E-state index contributed by atoms with van der Waals surface area (Å²) in [6.07, 6.45) is 5.43. The van der Waals surface area contributed by atoms with Crippen LogP contribution < -0.4 is 5.73 Å². The molecule has 0 saturated heterocycles. The summed E-state index contributed by atoms with van der Waals surface area (Å²) in [5.41, 5.74) is 8.01. The number of halogens is 2. The van der Waals surface area contributed by atoms with Crippen LogP contribution in [0.3, 0.4) is 0 Å². The van der Waals surface area contributed by atoms with E-state index in [4.69, 9.17) is 28.9 Å². The van der Waals surface area contributed by atoms with E-state index in [1.807, 2.05) is 18.2 Å². The largest absolute Gasteiger partial charge is 0.325 e. The standard InChI is InChI=1S/C17H25Cl2N/c1-16(2,3)13-6-8-17(20,9-7-13)11-12-4-5-14(18)10-15(12)19/h4-5,10,13H,6-9,11,20H2,1-3H3. The minimum atomic E-state index is -0.112. The number of nitrogens with two attached hydrogens (primary N) is 1. The maximum Gasteiger partial charge on any atom is 0.0453 e. The van der Waals surface area contributed by atoms with Crippen molar-refractivity contribution in [1.29, 1.82) is 0 Å². The Morgan fingerprint density at radius 3 is 2.30 bits per heavy atom. The van der Waals surface area contributed by atoms with E-state index in [-0.39, 0.29) is 5.54 Å². The second kappa shape index (κ2) is 5.87. The molecule has 0 radical (unpaired) electrons. The highest BCUT2D eigenvalue weighted by molar-refractivity contribution is 6.35. The molecule has 1 aliphatic rings. The molecule has 0 aromatic heterocycles. The Labute approximate surface area is 132 Å². The van der Waals surface area contributed by atoms with Crippen LogP contribution in [0.4, 0.5) is 0 Å². The van der Waals surface area contributed by atoms with E-state index in [9.17, 15) is 0 Å². The van der Waals surface area contributed by atoms with Crippen LogP contribution in [-0.4, -0.2) is 5.54 Å². The molecule has 0 bridgehead atoms. The van der Waals surface area contributed by atoms with Crippen LogP contribution in [0.2, 0.25) is 10.0 Å². The lowest BCUT2D eigenvalue weighted by atomic mass is 9.66. The van der Waals surface area contributed by atoms with Crippen molar-refractivity contribution in [2.24, 2.45) is 17.1 Å². The molecular weight excluding hydrogens is 289 g/mol. The molecule has 1 aliphatic carbocycles. The van der Waals surface area contributed by atoms with Crippen LogP contribution in [0.15, 0.2) is 18.2 Å². The second-order valence-corrected chi connectivity index (χ2v) is 8.26. The Hall–Kier alpha value is -0.240. The van der Waals surface area contributed by atoms with E-state index < -0.39 is 0 Å². The highest BCUT2D eigenvalue weighted by atomic mass is 35.5. The summed E-state index contributed by atoms with van der Waals surface area (Å²) in [5.74, 6) is 0.778. The normalized spacial score (nSPS) is 27.6. The fourth-order valence-electron chi connectivity index (χ4n) is 3.28. The molecular formula is C17H25Cl2N. The molecule has 1 fully saturated rings. The number of benzene rings is 1. The molecule has 112 valence electrons. The third kappa shape index (κ3) is 3.90. The summed E-state index contributed by atoms with van der Waals surface area (Å²) in [7, 11) is 0. The Bertz CT molecular complexity index is 468. The van der Waals surface area contributed by atoms with Crippen molar-refractivity contribution in [1.82, 2.24) is 0 Å². The molecule has 1 aromatic carbocycles. The fourth-order valence-corrected chi connectivity index (χ4v) is 3.76. The van der Waals surface area contributed by atoms with Crippen LogP contribution in [0.5, 0.6) is 0 Å². The monoisotopic (exact) mass is 313 g/mol. The van der Waals surface area contributed by atoms with Gasteiger partial charge in [0, 0.05) is 15.6 Å². The molecule has 0 amide bonds. The van der Waals surface area contributed by atoms with E-state index in [0.717, 1.165) is 35.8 Å². The fraction of sp³-hybridized carbons (Fsp3) is 0.647. The first kappa shape index (κ1) is 16.1. The van der Waals surface area contributed by atoms with Crippen molar-refractivity contribution < 1.29 is 0 Å². The molecule has 1 nitrogen and oxygen atoms in total. The van der Waals surface area contributed by atoms with E-state index in [1.165, 1.54) is 12.8 Å². The van der Waals surface area contributed by atoms with Gasteiger partial charge < -0.3 is 5.73 Å². The molecule has 0 heterocycles. The van der Waals surface area contributed by atoms with E-state index in [0.29, 0.717) is 10.4 Å². The van der Waals surface area contributed by atoms with Gasteiger partial charge in [-0.3, -0.25) is 0 Å². The van der Waals surface area contributed by atoms with Gasteiger partial charge in [0.05, 0.1) is 0 Å². The zero-order valence-corrected chi connectivity index (χ0v) is 14.2. The highest BCUT2D eigenvalue weighted by Gasteiger charge is 2.36. The number of rotatable bonds is 2. The lowest BCUT2D eigenvalue weighted by Gasteiger charge is -2.42. The van der Waals surface area contributed by atoms with Crippen molar-refractivity contribution in [2.75, 3.05) is 0 Å². The highest BCUT2D eigenvalue weighted by Crippen LogP contribution is 2.42. The van der Waals surface area contributed by atoms with Gasteiger partial charge in [-0.2, -0.15) is 0 Å². The zero-order valence-electron chi connectivity index (χ0n) is 12.7. The smallest absolute Gasteiger partial charge is 0.0453 e. The van der Waals surface area contributed by atoms with Crippen molar-refractivity contribution >= 4 is 23.2 Å². The first-order chi connectivity index (χ1) is 9.20. The molecule has 3 heteroatoms. The Morgan fingerprint density at radius 1 is 1.20 bits per heavy atom. The second-order valence-electron chi connectivity index (χ2n) is 7.42. The van der Waals surface area contributed by atoms with Gasteiger partial charge in [-0.15, -0.1) is 0 Å². The third-order valence-corrected chi connectivity index (χ3v) is 5.35. The van der Waals surface area contributed by atoms with E-state index in [2.05, 4.69) is 20.8 Å². The van der Waals surface area contributed by atoms with Crippen LogP contribution in [-0.2, 0) is 6.42 Å². The molecule has 0 aliphatic heterocycles. The molecule has 0 atom stereocenters. The van der Waals surface area contributed by atoms with E-state index >= 15 is 0 Å². The average Bonchev–Trinajstić information content (AvgIpc) is 2.32. The average molecular weight is 314 g/mol. The molecule has 1 saturated carbocycles. The lowest BCUT2D eigenvalue weighted by molar-refractivity contribution is 0.134. The van der Waals surface area contributed by atoms with Crippen molar-refractivity contribution in [3.05, 3.63) is 33.8 Å². The zero-order chi connectivity index (χ0) is 15.0. The number of hydrogen-bond donors (Lipinski definition) is 1. The summed E-state index contributed by atoms with van der Waals surface area (Å²) < 4.78 is 0. The minimum Gasteiger partial charge on any atom is -0.325 e. The topological polar surface area (TPSA) is 26.0 Å². The molecule has 20 heavy (non-hydrogen) atoms. The maximum atomic E-state index is 6.61. The summed E-state index contributed by atoms with van der Waals surface area (Å²) in [5, 5.41) is 1.42. The summed E-state index contributed by atoms with van der Waals surface area (Å²) in [6, 6.07) is 5.71. The van der Waals surface area contributed by atoms with Crippen molar-refractivity contribution in [3.8, 4) is 0 Å². The predicted octanol–water partition coefficient (Wildman–Crippen LogP) is 5.47. The lowest BCUT2D eigenvalue weighted by Crippen LogP contribution is -2.46. The Morgan fingerprint density at radius 2 is 1.80 bits per heavy atom. The van der Waals surface area contributed by atoms with Gasteiger partial charge >= 0.3 is 0 Å². The quantitative estimate of drug-likeness (QED) is 0.769. The van der Waals surface area contributed by atoms with Crippen molar-refractivity contribution in [2.45, 2.75) is 58.4 Å². The maximum absolute atomic E-state index is 6.61. The van der Waals surface area contributed by atoms with Crippen LogP contribution in [0.25, 0.3) is 0 Å². The van der Waals surface area contributed by atoms with Gasteiger partial charge in [0.15, 0.2) is 0 Å². The van der Waals surface area contributed by atoms with Gasteiger partial charge in [0.25, 0.3) is 0 Å². The van der Waals surface area contributed by atoms with Crippen molar-refractivity contribution in [3.63, 3.8) is 0 Å². The molecule has 2 rings (SSSR count). The Balaban J connectivity index is 2.03. The summed E-state index contributed by atoms with van der Waals surface area (Å²) in [4.78, 5) is 0. The summed E-state index contributed by atoms with van der Waals surface area (Å²) in [6.45, 7) is 6.99. The van der Waals surface area contributed by atoms with Crippen LogP contribution in [0.1, 0.15) is 52.0 Å².